The number of carbonyl (C=O) groups is 3. The Morgan fingerprint density at radius 2 is 1.94 bits per heavy atom. The molecule has 0 aromatic heterocycles. The summed E-state index contributed by atoms with van der Waals surface area (Å²) in [5.41, 5.74) is 4.95. The summed E-state index contributed by atoms with van der Waals surface area (Å²) in [6.45, 7) is 4.80. The molecule has 104 valence electrons. The van der Waals surface area contributed by atoms with Gasteiger partial charge in [-0.2, -0.15) is 0 Å². The molecule has 0 fully saturated rings. The summed E-state index contributed by atoms with van der Waals surface area (Å²) in [6, 6.07) is -1.52. The van der Waals surface area contributed by atoms with Crippen LogP contribution in [-0.2, 0) is 9.59 Å². The number of rotatable bonds is 8. The smallest absolute Gasteiger partial charge is 0.326 e. The molecule has 0 saturated heterocycles. The van der Waals surface area contributed by atoms with Gasteiger partial charge in [0.2, 0.25) is 5.91 Å². The van der Waals surface area contributed by atoms with Gasteiger partial charge in [0, 0.05) is 19.5 Å². The van der Waals surface area contributed by atoms with Crippen LogP contribution in [0.15, 0.2) is 0 Å². The van der Waals surface area contributed by atoms with Crippen molar-refractivity contribution < 1.29 is 19.5 Å². The number of nitrogens with two attached hydrogens (primary N) is 1. The normalized spacial score (nSPS) is 11.7. The molecule has 0 aliphatic rings. The van der Waals surface area contributed by atoms with E-state index in [1.54, 1.807) is 0 Å². The molecule has 0 rings (SSSR count). The molecule has 1 atom stereocenters. The Kier molecular flexibility index (Phi) is 7.50. The van der Waals surface area contributed by atoms with Gasteiger partial charge in [-0.1, -0.05) is 6.92 Å². The summed E-state index contributed by atoms with van der Waals surface area (Å²) in [5, 5.41) is 11.3. The van der Waals surface area contributed by atoms with E-state index in [1.165, 1.54) is 4.90 Å². The van der Waals surface area contributed by atoms with E-state index in [1.807, 2.05) is 13.8 Å². The molecule has 0 bridgehead atoms. The van der Waals surface area contributed by atoms with E-state index < -0.39 is 23.9 Å². The summed E-state index contributed by atoms with van der Waals surface area (Å²) in [5.74, 6) is -1.76. The SMILES string of the molecule is CCCN(CC)C(=O)N[C@@H](CCC(N)=O)C(=O)O. The molecule has 0 unspecified atom stereocenters. The molecule has 0 aromatic carbocycles. The third-order valence-electron chi connectivity index (χ3n) is 2.44. The van der Waals surface area contributed by atoms with Gasteiger partial charge in [0.15, 0.2) is 0 Å². The fraction of sp³-hybridized carbons (Fsp3) is 0.727. The van der Waals surface area contributed by atoms with Crippen molar-refractivity contribution in [3.05, 3.63) is 0 Å². The number of nitrogens with zero attached hydrogens (tertiary/aromatic N) is 1. The minimum Gasteiger partial charge on any atom is -0.480 e. The molecule has 0 radical (unpaired) electrons. The van der Waals surface area contributed by atoms with E-state index in [2.05, 4.69) is 5.32 Å². The second-order valence-electron chi connectivity index (χ2n) is 3.92. The van der Waals surface area contributed by atoms with Gasteiger partial charge < -0.3 is 21.1 Å². The molecular weight excluding hydrogens is 238 g/mol. The first kappa shape index (κ1) is 16.2. The number of urea groups is 1. The molecular formula is C11H21N3O4. The fourth-order valence-electron chi connectivity index (χ4n) is 1.46. The van der Waals surface area contributed by atoms with Crippen LogP contribution in [0.5, 0.6) is 0 Å². The Hall–Kier alpha value is -1.79. The Morgan fingerprint density at radius 1 is 1.33 bits per heavy atom. The number of carboxylic acid groups (broad SMARTS) is 1. The van der Waals surface area contributed by atoms with Gasteiger partial charge in [0.1, 0.15) is 6.04 Å². The van der Waals surface area contributed by atoms with Crippen molar-refractivity contribution in [2.24, 2.45) is 5.73 Å². The average molecular weight is 259 g/mol. The standard InChI is InChI=1S/C11H21N3O4/c1-3-7-14(4-2)11(18)13-8(10(16)17)5-6-9(12)15/h8H,3-7H2,1-2H3,(H2,12,15)(H,13,18)(H,16,17)/t8-/m0/s1. The minimum absolute atomic E-state index is 0.0000853. The van der Waals surface area contributed by atoms with E-state index in [9.17, 15) is 14.4 Å². The maximum atomic E-state index is 11.8. The number of aliphatic carboxylic acids is 1. The zero-order chi connectivity index (χ0) is 14.1. The fourth-order valence-corrected chi connectivity index (χ4v) is 1.46. The zero-order valence-corrected chi connectivity index (χ0v) is 10.8. The molecule has 0 aliphatic carbocycles. The first-order valence-electron chi connectivity index (χ1n) is 5.98. The van der Waals surface area contributed by atoms with E-state index in [0.717, 1.165) is 6.42 Å². The number of hydrogen-bond acceptors (Lipinski definition) is 3. The molecule has 0 aliphatic heterocycles. The van der Waals surface area contributed by atoms with E-state index >= 15 is 0 Å². The number of carbonyl (C=O) groups excluding carboxylic acids is 2. The van der Waals surface area contributed by atoms with E-state index in [0.29, 0.717) is 13.1 Å². The molecule has 7 nitrogen and oxygen atoms in total. The molecule has 0 spiro atoms. The molecule has 3 amide bonds. The van der Waals surface area contributed by atoms with Gasteiger partial charge >= 0.3 is 12.0 Å². The van der Waals surface area contributed by atoms with Crippen LogP contribution in [0.3, 0.4) is 0 Å². The van der Waals surface area contributed by atoms with E-state index in [4.69, 9.17) is 10.8 Å². The lowest BCUT2D eigenvalue weighted by molar-refractivity contribution is -0.139. The second kappa shape index (κ2) is 8.32. The van der Waals surface area contributed by atoms with Crippen LogP contribution in [0.4, 0.5) is 4.79 Å². The number of nitrogens with one attached hydrogen (secondary N) is 1. The van der Waals surface area contributed by atoms with Crippen molar-refractivity contribution in [3.63, 3.8) is 0 Å². The molecule has 0 heterocycles. The van der Waals surface area contributed by atoms with Crippen molar-refractivity contribution in [3.8, 4) is 0 Å². The predicted octanol–water partition coefficient (Wildman–Crippen LogP) is 0.147. The van der Waals surface area contributed by atoms with Gasteiger partial charge in [-0.05, 0) is 19.8 Å². The third-order valence-corrected chi connectivity index (χ3v) is 2.44. The lowest BCUT2D eigenvalue weighted by atomic mass is 10.1. The van der Waals surface area contributed by atoms with Crippen LogP contribution in [0.25, 0.3) is 0 Å². The molecule has 7 heteroatoms. The summed E-state index contributed by atoms with van der Waals surface area (Å²) in [6.07, 6.45) is 0.720. The highest BCUT2D eigenvalue weighted by Gasteiger charge is 2.22. The third kappa shape index (κ3) is 6.07. The monoisotopic (exact) mass is 259 g/mol. The highest BCUT2D eigenvalue weighted by Crippen LogP contribution is 2.00. The van der Waals surface area contributed by atoms with Crippen LogP contribution >= 0.6 is 0 Å². The predicted molar refractivity (Wildman–Crippen MR) is 65.9 cm³/mol. The largest absolute Gasteiger partial charge is 0.480 e. The van der Waals surface area contributed by atoms with Crippen molar-refractivity contribution in [2.45, 2.75) is 39.2 Å². The Bertz CT molecular complexity index is 307. The zero-order valence-electron chi connectivity index (χ0n) is 10.8. The van der Waals surface area contributed by atoms with Crippen LogP contribution in [0.1, 0.15) is 33.1 Å². The molecule has 0 aromatic rings. The quantitative estimate of drug-likeness (QED) is 0.575. The van der Waals surface area contributed by atoms with Crippen LogP contribution in [0.2, 0.25) is 0 Å². The number of carboxylic acids is 1. The van der Waals surface area contributed by atoms with Crippen LogP contribution in [-0.4, -0.2) is 47.0 Å². The summed E-state index contributed by atoms with van der Waals surface area (Å²) in [4.78, 5) is 34.8. The van der Waals surface area contributed by atoms with Crippen LogP contribution in [0, 0.1) is 0 Å². The second-order valence-corrected chi connectivity index (χ2v) is 3.92. The number of amides is 3. The van der Waals surface area contributed by atoms with Crippen LogP contribution < -0.4 is 11.1 Å². The highest BCUT2D eigenvalue weighted by atomic mass is 16.4. The topological polar surface area (TPSA) is 113 Å². The summed E-state index contributed by atoms with van der Waals surface area (Å²) >= 11 is 0. The maximum Gasteiger partial charge on any atom is 0.326 e. The summed E-state index contributed by atoms with van der Waals surface area (Å²) < 4.78 is 0. The Morgan fingerprint density at radius 3 is 2.33 bits per heavy atom. The molecule has 18 heavy (non-hydrogen) atoms. The van der Waals surface area contributed by atoms with Gasteiger partial charge in [-0.15, -0.1) is 0 Å². The van der Waals surface area contributed by atoms with Crippen molar-refractivity contribution in [1.82, 2.24) is 10.2 Å². The Labute approximate surface area is 106 Å². The minimum atomic E-state index is -1.17. The van der Waals surface area contributed by atoms with Crippen molar-refractivity contribution in [2.75, 3.05) is 13.1 Å². The van der Waals surface area contributed by atoms with Gasteiger partial charge in [-0.25, -0.2) is 9.59 Å². The summed E-state index contributed by atoms with van der Waals surface area (Å²) in [7, 11) is 0. The molecule has 0 saturated carbocycles. The highest BCUT2D eigenvalue weighted by molar-refractivity contribution is 5.83. The average Bonchev–Trinajstić information content (AvgIpc) is 2.30. The van der Waals surface area contributed by atoms with Gasteiger partial charge in [-0.3, -0.25) is 4.79 Å². The lowest BCUT2D eigenvalue weighted by Gasteiger charge is -2.23. The number of primary amides is 1. The molecule has 4 N–H and O–H groups in total. The lowest BCUT2D eigenvalue weighted by Crippen LogP contribution is -2.48. The van der Waals surface area contributed by atoms with Crippen molar-refractivity contribution >= 4 is 17.9 Å². The van der Waals surface area contributed by atoms with Crippen molar-refractivity contribution in [1.29, 1.82) is 0 Å². The number of hydrogen-bond donors (Lipinski definition) is 3. The van der Waals surface area contributed by atoms with E-state index in [-0.39, 0.29) is 12.8 Å². The van der Waals surface area contributed by atoms with Gasteiger partial charge in [0.25, 0.3) is 0 Å². The first-order valence-corrected chi connectivity index (χ1v) is 5.98. The Balaban J connectivity index is 4.42. The first-order chi connectivity index (χ1) is 8.42. The maximum absolute atomic E-state index is 11.8. The van der Waals surface area contributed by atoms with Gasteiger partial charge in [0.05, 0.1) is 0 Å².